The first-order valence-electron chi connectivity index (χ1n) is 9.88. The van der Waals surface area contributed by atoms with Gasteiger partial charge in [-0.15, -0.1) is 0 Å². The van der Waals surface area contributed by atoms with E-state index in [9.17, 15) is 19.2 Å². The summed E-state index contributed by atoms with van der Waals surface area (Å²) in [5, 5.41) is 11.6. The van der Waals surface area contributed by atoms with Crippen LogP contribution in [-0.2, 0) is 19.2 Å². The number of likely N-dealkylation sites (tertiary alicyclic amines) is 1. The Morgan fingerprint density at radius 1 is 1.07 bits per heavy atom. The number of likely N-dealkylation sites (N-methyl/N-ethyl adjacent to an activating group) is 1. The molecule has 0 aromatic carbocycles. The lowest BCUT2D eigenvalue weighted by Gasteiger charge is -2.31. The van der Waals surface area contributed by atoms with Crippen molar-refractivity contribution >= 4 is 23.7 Å². The first-order chi connectivity index (χ1) is 12.9. The summed E-state index contributed by atoms with van der Waals surface area (Å²) in [6, 6.07) is 0. The number of amides is 3. The van der Waals surface area contributed by atoms with Gasteiger partial charge in [0.15, 0.2) is 0 Å². The molecule has 0 aromatic heterocycles. The van der Waals surface area contributed by atoms with Crippen LogP contribution in [0.3, 0.4) is 0 Å². The van der Waals surface area contributed by atoms with Crippen molar-refractivity contribution in [3.63, 3.8) is 0 Å². The summed E-state index contributed by atoms with van der Waals surface area (Å²) < 4.78 is 0. The summed E-state index contributed by atoms with van der Waals surface area (Å²) in [5.74, 6) is -1.20. The van der Waals surface area contributed by atoms with E-state index in [4.69, 9.17) is 5.11 Å². The maximum Gasteiger partial charge on any atom is 0.306 e. The third kappa shape index (κ3) is 6.84. The molecule has 0 atom stereocenters. The van der Waals surface area contributed by atoms with Gasteiger partial charge in [0, 0.05) is 26.6 Å². The van der Waals surface area contributed by atoms with Crippen molar-refractivity contribution in [2.75, 3.05) is 33.2 Å². The SMILES string of the molecule is CN(CC(=O)N1CCC(C(=O)O)CC1)C(=O)CNC(=O)CCC1CCCC1. The third-order valence-corrected chi connectivity index (χ3v) is 5.69. The summed E-state index contributed by atoms with van der Waals surface area (Å²) in [6.45, 7) is 0.633. The Bertz CT molecular complexity index is 552. The van der Waals surface area contributed by atoms with Gasteiger partial charge in [0.1, 0.15) is 0 Å². The summed E-state index contributed by atoms with van der Waals surface area (Å²) >= 11 is 0. The van der Waals surface area contributed by atoms with Gasteiger partial charge < -0.3 is 20.2 Å². The van der Waals surface area contributed by atoms with Gasteiger partial charge in [-0.3, -0.25) is 19.2 Å². The Balaban J connectivity index is 1.63. The zero-order valence-corrected chi connectivity index (χ0v) is 16.1. The van der Waals surface area contributed by atoms with Crippen LogP contribution in [-0.4, -0.2) is 71.8 Å². The van der Waals surface area contributed by atoms with E-state index in [0.29, 0.717) is 38.3 Å². The van der Waals surface area contributed by atoms with E-state index < -0.39 is 11.9 Å². The minimum absolute atomic E-state index is 0.0610. The van der Waals surface area contributed by atoms with Crippen LogP contribution in [0.15, 0.2) is 0 Å². The van der Waals surface area contributed by atoms with Gasteiger partial charge in [0.25, 0.3) is 0 Å². The standard InChI is InChI=1S/C19H31N3O5/c1-21(13-18(25)22-10-8-15(9-11-22)19(26)27)17(24)12-20-16(23)7-6-14-4-2-3-5-14/h14-15H,2-13H2,1H3,(H,20,23)(H,26,27). The third-order valence-electron chi connectivity index (χ3n) is 5.69. The lowest BCUT2D eigenvalue weighted by Crippen LogP contribution is -2.47. The second kappa shape index (κ2) is 10.3. The molecular weight excluding hydrogens is 350 g/mol. The predicted octanol–water partition coefficient (Wildman–Crippen LogP) is 0.855. The fourth-order valence-corrected chi connectivity index (χ4v) is 3.80. The smallest absolute Gasteiger partial charge is 0.306 e. The highest BCUT2D eigenvalue weighted by Crippen LogP contribution is 2.28. The number of nitrogens with one attached hydrogen (secondary N) is 1. The topological polar surface area (TPSA) is 107 Å². The quantitative estimate of drug-likeness (QED) is 0.648. The number of carbonyl (C=O) groups is 4. The minimum Gasteiger partial charge on any atom is -0.481 e. The molecule has 0 bridgehead atoms. The highest BCUT2D eigenvalue weighted by Gasteiger charge is 2.27. The second-order valence-electron chi connectivity index (χ2n) is 7.71. The number of hydrogen-bond acceptors (Lipinski definition) is 4. The molecule has 1 saturated carbocycles. The van der Waals surface area contributed by atoms with Gasteiger partial charge in [-0.1, -0.05) is 25.7 Å². The second-order valence-corrected chi connectivity index (χ2v) is 7.71. The van der Waals surface area contributed by atoms with E-state index in [2.05, 4.69) is 5.32 Å². The Kier molecular flexibility index (Phi) is 8.06. The van der Waals surface area contributed by atoms with E-state index in [1.165, 1.54) is 37.6 Å². The Morgan fingerprint density at radius 2 is 1.70 bits per heavy atom. The number of carboxylic acid groups (broad SMARTS) is 1. The van der Waals surface area contributed by atoms with Gasteiger partial charge in [0.05, 0.1) is 19.0 Å². The molecule has 8 nitrogen and oxygen atoms in total. The molecule has 2 rings (SSSR count). The molecule has 0 unspecified atom stereocenters. The van der Waals surface area contributed by atoms with Crippen LogP contribution >= 0.6 is 0 Å². The first kappa shape index (κ1) is 21.2. The van der Waals surface area contributed by atoms with Crippen molar-refractivity contribution in [3.8, 4) is 0 Å². The number of piperidine rings is 1. The molecule has 2 N–H and O–H groups in total. The summed E-state index contributed by atoms with van der Waals surface area (Å²) in [4.78, 5) is 50.1. The Hall–Kier alpha value is -2.12. The molecule has 2 aliphatic rings. The molecule has 0 aromatic rings. The van der Waals surface area contributed by atoms with Crippen LogP contribution in [0.25, 0.3) is 0 Å². The van der Waals surface area contributed by atoms with Crippen molar-refractivity contribution in [1.29, 1.82) is 0 Å². The maximum absolute atomic E-state index is 12.3. The van der Waals surface area contributed by atoms with E-state index in [-0.39, 0.29) is 30.8 Å². The van der Waals surface area contributed by atoms with Crippen LogP contribution in [0.2, 0.25) is 0 Å². The van der Waals surface area contributed by atoms with E-state index in [0.717, 1.165) is 6.42 Å². The van der Waals surface area contributed by atoms with Gasteiger partial charge in [-0.2, -0.15) is 0 Å². The number of hydrogen-bond donors (Lipinski definition) is 2. The number of carboxylic acids is 1. The lowest BCUT2D eigenvalue weighted by molar-refractivity contribution is -0.146. The fraction of sp³-hybridized carbons (Fsp3) is 0.789. The number of nitrogens with zero attached hydrogens (tertiary/aromatic N) is 2. The van der Waals surface area contributed by atoms with Gasteiger partial charge in [-0.05, 0) is 25.2 Å². The van der Waals surface area contributed by atoms with E-state index >= 15 is 0 Å². The maximum atomic E-state index is 12.3. The Labute approximate surface area is 160 Å². The average Bonchev–Trinajstić information content (AvgIpc) is 3.17. The van der Waals surface area contributed by atoms with Crippen LogP contribution in [0.4, 0.5) is 0 Å². The van der Waals surface area contributed by atoms with Gasteiger partial charge in [-0.25, -0.2) is 0 Å². The monoisotopic (exact) mass is 381 g/mol. The molecule has 152 valence electrons. The summed E-state index contributed by atoms with van der Waals surface area (Å²) in [5.41, 5.74) is 0. The molecule has 3 amide bonds. The van der Waals surface area contributed by atoms with E-state index in [1.807, 2.05) is 0 Å². The molecule has 1 aliphatic heterocycles. The normalized spacial score (nSPS) is 18.3. The van der Waals surface area contributed by atoms with Gasteiger partial charge in [0.2, 0.25) is 17.7 Å². The van der Waals surface area contributed by atoms with Crippen LogP contribution < -0.4 is 5.32 Å². The van der Waals surface area contributed by atoms with Crippen molar-refractivity contribution in [2.45, 2.75) is 51.4 Å². The number of rotatable bonds is 8. The van der Waals surface area contributed by atoms with Crippen LogP contribution in [0.5, 0.6) is 0 Å². The highest BCUT2D eigenvalue weighted by molar-refractivity contribution is 5.88. The van der Waals surface area contributed by atoms with Crippen molar-refractivity contribution in [3.05, 3.63) is 0 Å². The molecular formula is C19H31N3O5. The molecule has 2 fully saturated rings. The molecule has 0 spiro atoms. The largest absolute Gasteiger partial charge is 0.481 e. The molecule has 1 saturated heterocycles. The lowest BCUT2D eigenvalue weighted by atomic mass is 9.97. The van der Waals surface area contributed by atoms with Crippen molar-refractivity contribution in [2.24, 2.45) is 11.8 Å². The van der Waals surface area contributed by atoms with Crippen LogP contribution in [0.1, 0.15) is 51.4 Å². The minimum atomic E-state index is -0.821. The van der Waals surface area contributed by atoms with Crippen molar-refractivity contribution in [1.82, 2.24) is 15.1 Å². The molecule has 1 heterocycles. The fourth-order valence-electron chi connectivity index (χ4n) is 3.80. The first-order valence-corrected chi connectivity index (χ1v) is 9.88. The number of aliphatic carboxylic acids is 1. The average molecular weight is 381 g/mol. The molecule has 0 radical (unpaired) electrons. The van der Waals surface area contributed by atoms with Crippen molar-refractivity contribution < 1.29 is 24.3 Å². The predicted molar refractivity (Wildman–Crippen MR) is 98.8 cm³/mol. The summed E-state index contributed by atoms with van der Waals surface area (Å²) in [7, 11) is 1.54. The highest BCUT2D eigenvalue weighted by atomic mass is 16.4. The zero-order chi connectivity index (χ0) is 19.8. The van der Waals surface area contributed by atoms with Gasteiger partial charge >= 0.3 is 5.97 Å². The Morgan fingerprint density at radius 3 is 2.30 bits per heavy atom. The molecule has 27 heavy (non-hydrogen) atoms. The van der Waals surface area contributed by atoms with E-state index in [1.54, 1.807) is 4.90 Å². The van der Waals surface area contributed by atoms with Crippen LogP contribution in [0, 0.1) is 11.8 Å². The molecule has 1 aliphatic carbocycles. The summed E-state index contributed by atoms with van der Waals surface area (Å²) in [6.07, 6.45) is 7.09. The zero-order valence-electron chi connectivity index (χ0n) is 16.1. The molecule has 8 heteroatoms. The number of carbonyl (C=O) groups excluding carboxylic acids is 3.